The minimum absolute atomic E-state index is 0.586. The number of nitrogens with one attached hydrogen (secondary N) is 1. The standard InChI is InChI=1S/C13H23N3/c1-9-6-5-7-10(2)13(9)14-12-8-11(3)16(4)15-12/h8-10,13H,5-7H2,1-4H3,(H,14,15). The predicted molar refractivity (Wildman–Crippen MR) is 67.5 cm³/mol. The summed E-state index contributed by atoms with van der Waals surface area (Å²) in [6.45, 7) is 6.79. The van der Waals surface area contributed by atoms with Crippen molar-refractivity contribution in [2.24, 2.45) is 18.9 Å². The monoisotopic (exact) mass is 221 g/mol. The first kappa shape index (κ1) is 11.5. The fourth-order valence-electron chi connectivity index (χ4n) is 2.77. The van der Waals surface area contributed by atoms with Crippen LogP contribution in [0.3, 0.4) is 0 Å². The summed E-state index contributed by atoms with van der Waals surface area (Å²) in [6.07, 6.45) is 4.06. The van der Waals surface area contributed by atoms with E-state index >= 15 is 0 Å². The Labute approximate surface area is 98.2 Å². The van der Waals surface area contributed by atoms with Gasteiger partial charge < -0.3 is 5.32 Å². The smallest absolute Gasteiger partial charge is 0.148 e. The van der Waals surface area contributed by atoms with Crippen molar-refractivity contribution in [3.8, 4) is 0 Å². The highest BCUT2D eigenvalue weighted by atomic mass is 15.3. The fraction of sp³-hybridized carbons (Fsp3) is 0.769. The molecule has 0 aliphatic heterocycles. The van der Waals surface area contributed by atoms with Gasteiger partial charge in [0, 0.05) is 24.8 Å². The molecule has 0 amide bonds. The van der Waals surface area contributed by atoms with Gasteiger partial charge in [0.25, 0.3) is 0 Å². The maximum Gasteiger partial charge on any atom is 0.148 e. The van der Waals surface area contributed by atoms with Crippen LogP contribution in [-0.2, 0) is 7.05 Å². The minimum Gasteiger partial charge on any atom is -0.365 e. The molecule has 1 aromatic heterocycles. The number of rotatable bonds is 2. The predicted octanol–water partition coefficient (Wildman–Crippen LogP) is 2.97. The van der Waals surface area contributed by atoms with E-state index in [4.69, 9.17) is 0 Å². The van der Waals surface area contributed by atoms with Crippen LogP contribution in [0.2, 0.25) is 0 Å². The molecule has 1 heterocycles. The van der Waals surface area contributed by atoms with Crippen LogP contribution in [0.5, 0.6) is 0 Å². The molecule has 0 bridgehead atoms. The van der Waals surface area contributed by atoms with Gasteiger partial charge in [-0.2, -0.15) is 5.10 Å². The zero-order valence-corrected chi connectivity index (χ0v) is 10.8. The molecule has 3 heteroatoms. The Hall–Kier alpha value is -0.990. The highest BCUT2D eigenvalue weighted by Gasteiger charge is 2.27. The van der Waals surface area contributed by atoms with Crippen LogP contribution in [-0.4, -0.2) is 15.8 Å². The van der Waals surface area contributed by atoms with Gasteiger partial charge in [0.05, 0.1) is 0 Å². The Bertz CT molecular complexity index is 327. The van der Waals surface area contributed by atoms with Crippen LogP contribution < -0.4 is 5.32 Å². The number of aryl methyl sites for hydroxylation is 2. The van der Waals surface area contributed by atoms with Crippen LogP contribution in [0.15, 0.2) is 6.07 Å². The molecule has 0 saturated heterocycles. The van der Waals surface area contributed by atoms with Crippen LogP contribution in [0.25, 0.3) is 0 Å². The molecular weight excluding hydrogens is 198 g/mol. The third-order valence-electron chi connectivity index (χ3n) is 3.97. The summed E-state index contributed by atoms with van der Waals surface area (Å²) in [5.74, 6) is 2.54. The van der Waals surface area contributed by atoms with E-state index in [2.05, 4.69) is 37.3 Å². The molecule has 0 radical (unpaired) electrons. The van der Waals surface area contributed by atoms with Crippen molar-refractivity contribution < 1.29 is 0 Å². The van der Waals surface area contributed by atoms with Crippen molar-refractivity contribution in [3.05, 3.63) is 11.8 Å². The van der Waals surface area contributed by atoms with Crippen molar-refractivity contribution in [2.75, 3.05) is 5.32 Å². The van der Waals surface area contributed by atoms with E-state index in [0.29, 0.717) is 6.04 Å². The molecule has 3 nitrogen and oxygen atoms in total. The molecular formula is C13H23N3. The average Bonchev–Trinajstić information content (AvgIpc) is 2.53. The highest BCUT2D eigenvalue weighted by molar-refractivity contribution is 5.37. The number of nitrogens with zero attached hydrogens (tertiary/aromatic N) is 2. The quantitative estimate of drug-likeness (QED) is 0.832. The zero-order valence-electron chi connectivity index (χ0n) is 10.8. The summed E-state index contributed by atoms with van der Waals surface area (Å²) in [4.78, 5) is 0. The van der Waals surface area contributed by atoms with Gasteiger partial charge in [-0.1, -0.05) is 20.3 Å². The first-order valence-corrected chi connectivity index (χ1v) is 6.35. The normalized spacial score (nSPS) is 30.4. The lowest BCUT2D eigenvalue weighted by Crippen LogP contribution is -2.37. The van der Waals surface area contributed by atoms with E-state index in [1.807, 2.05) is 11.7 Å². The van der Waals surface area contributed by atoms with E-state index in [1.54, 1.807) is 0 Å². The summed E-state index contributed by atoms with van der Waals surface area (Å²) < 4.78 is 1.93. The fourth-order valence-corrected chi connectivity index (χ4v) is 2.77. The van der Waals surface area contributed by atoms with Gasteiger partial charge in [0.2, 0.25) is 0 Å². The van der Waals surface area contributed by atoms with Crippen LogP contribution in [0.4, 0.5) is 5.82 Å². The summed E-state index contributed by atoms with van der Waals surface area (Å²) >= 11 is 0. The molecule has 1 aliphatic carbocycles. The van der Waals surface area contributed by atoms with Crippen LogP contribution >= 0.6 is 0 Å². The Morgan fingerprint density at radius 2 is 1.94 bits per heavy atom. The average molecular weight is 221 g/mol. The summed E-state index contributed by atoms with van der Waals surface area (Å²) in [6, 6.07) is 2.72. The van der Waals surface area contributed by atoms with Gasteiger partial charge in [-0.3, -0.25) is 4.68 Å². The van der Waals surface area contributed by atoms with Gasteiger partial charge in [0.1, 0.15) is 5.82 Å². The molecule has 90 valence electrons. The first-order valence-electron chi connectivity index (χ1n) is 6.35. The third-order valence-corrected chi connectivity index (χ3v) is 3.97. The third kappa shape index (κ3) is 2.23. The minimum atomic E-state index is 0.586. The lowest BCUT2D eigenvalue weighted by molar-refractivity contribution is 0.267. The van der Waals surface area contributed by atoms with Crippen molar-refractivity contribution in [1.29, 1.82) is 0 Å². The van der Waals surface area contributed by atoms with Gasteiger partial charge in [-0.25, -0.2) is 0 Å². The Balaban J connectivity index is 2.07. The molecule has 16 heavy (non-hydrogen) atoms. The van der Waals surface area contributed by atoms with E-state index in [1.165, 1.54) is 25.0 Å². The Kier molecular flexibility index (Phi) is 3.22. The number of hydrogen-bond donors (Lipinski definition) is 1. The second-order valence-electron chi connectivity index (χ2n) is 5.35. The van der Waals surface area contributed by atoms with Crippen LogP contribution in [0.1, 0.15) is 38.8 Å². The maximum absolute atomic E-state index is 4.48. The van der Waals surface area contributed by atoms with E-state index in [9.17, 15) is 0 Å². The SMILES string of the molecule is Cc1cc(NC2C(C)CCCC2C)nn1C. The van der Waals surface area contributed by atoms with Crippen LogP contribution in [0, 0.1) is 18.8 Å². The lowest BCUT2D eigenvalue weighted by atomic mass is 9.79. The molecule has 2 atom stereocenters. The summed E-state index contributed by atoms with van der Waals surface area (Å²) in [5.41, 5.74) is 1.21. The van der Waals surface area contributed by atoms with Gasteiger partial charge >= 0.3 is 0 Å². The molecule has 1 aliphatic rings. The van der Waals surface area contributed by atoms with E-state index < -0.39 is 0 Å². The molecule has 1 aromatic rings. The molecule has 1 saturated carbocycles. The highest BCUT2D eigenvalue weighted by Crippen LogP contribution is 2.31. The second kappa shape index (κ2) is 4.48. The topological polar surface area (TPSA) is 29.9 Å². The number of aromatic nitrogens is 2. The molecule has 1 N–H and O–H groups in total. The van der Waals surface area contributed by atoms with Crippen molar-refractivity contribution in [2.45, 2.75) is 46.1 Å². The van der Waals surface area contributed by atoms with E-state index in [-0.39, 0.29) is 0 Å². The Morgan fingerprint density at radius 3 is 2.44 bits per heavy atom. The maximum atomic E-state index is 4.48. The van der Waals surface area contributed by atoms with Gasteiger partial charge in [-0.05, 0) is 31.6 Å². The summed E-state index contributed by atoms with van der Waals surface area (Å²) in [5, 5.41) is 8.09. The molecule has 0 aromatic carbocycles. The first-order chi connectivity index (χ1) is 7.58. The lowest BCUT2D eigenvalue weighted by Gasteiger charge is -2.35. The molecule has 2 rings (SSSR count). The Morgan fingerprint density at radius 1 is 1.31 bits per heavy atom. The van der Waals surface area contributed by atoms with Gasteiger partial charge in [-0.15, -0.1) is 0 Å². The van der Waals surface area contributed by atoms with Crippen molar-refractivity contribution in [1.82, 2.24) is 9.78 Å². The molecule has 0 spiro atoms. The molecule has 2 unspecified atom stereocenters. The van der Waals surface area contributed by atoms with Gasteiger partial charge in [0.15, 0.2) is 0 Å². The zero-order chi connectivity index (χ0) is 11.7. The largest absolute Gasteiger partial charge is 0.365 e. The van der Waals surface area contributed by atoms with Crippen molar-refractivity contribution >= 4 is 5.82 Å². The second-order valence-corrected chi connectivity index (χ2v) is 5.35. The number of anilines is 1. The molecule has 1 fully saturated rings. The summed E-state index contributed by atoms with van der Waals surface area (Å²) in [7, 11) is 1.99. The number of hydrogen-bond acceptors (Lipinski definition) is 2. The van der Waals surface area contributed by atoms with E-state index in [0.717, 1.165) is 17.7 Å². The van der Waals surface area contributed by atoms with Crippen molar-refractivity contribution in [3.63, 3.8) is 0 Å².